The van der Waals surface area contributed by atoms with Crippen molar-refractivity contribution in [1.29, 1.82) is 0 Å². The van der Waals surface area contributed by atoms with Gasteiger partial charge in [-0.15, -0.1) is 0 Å². The van der Waals surface area contributed by atoms with Gasteiger partial charge in [0.15, 0.2) is 0 Å². The summed E-state index contributed by atoms with van der Waals surface area (Å²) in [5.41, 5.74) is 0.885. The molecule has 0 spiro atoms. The van der Waals surface area contributed by atoms with Gasteiger partial charge in [0.2, 0.25) is 0 Å². The van der Waals surface area contributed by atoms with Crippen LogP contribution in [0.3, 0.4) is 0 Å². The van der Waals surface area contributed by atoms with E-state index in [-0.39, 0.29) is 17.2 Å². The van der Waals surface area contributed by atoms with Gasteiger partial charge in [-0.2, -0.15) is 0 Å². The van der Waals surface area contributed by atoms with Gasteiger partial charge in [-0.05, 0) is 32.1 Å². The highest BCUT2D eigenvalue weighted by molar-refractivity contribution is 5.58. The lowest BCUT2D eigenvalue weighted by atomic mass is 9.95. The number of benzene rings is 1. The van der Waals surface area contributed by atoms with Crippen LogP contribution in [0.25, 0.3) is 0 Å². The molecule has 1 aromatic carbocycles. The zero-order valence-electron chi connectivity index (χ0n) is 12.3. The summed E-state index contributed by atoms with van der Waals surface area (Å²) in [5, 5.41) is 20.1. The van der Waals surface area contributed by atoms with Gasteiger partial charge in [0.1, 0.15) is 5.75 Å². The molecule has 6 heteroatoms. The molecule has 116 valence electrons. The molecule has 1 atom stereocenters. The lowest BCUT2D eigenvalue weighted by Gasteiger charge is -2.34. The number of rotatable bonds is 6. The summed E-state index contributed by atoms with van der Waals surface area (Å²) in [5.74, 6) is 0.976. The molecule has 0 aliphatic carbocycles. The SMILES string of the molecule is CCOc1cc(N2CCCC(CCO)C2)cc([N+](=O)[O-])c1. The van der Waals surface area contributed by atoms with E-state index in [9.17, 15) is 10.1 Å². The van der Waals surface area contributed by atoms with Crippen LogP contribution >= 0.6 is 0 Å². The average Bonchev–Trinajstić information content (AvgIpc) is 2.48. The molecular formula is C15H22N2O4. The van der Waals surface area contributed by atoms with Crippen molar-refractivity contribution in [1.82, 2.24) is 0 Å². The molecule has 1 heterocycles. The molecule has 1 N–H and O–H groups in total. The van der Waals surface area contributed by atoms with Gasteiger partial charge in [0, 0.05) is 37.5 Å². The fraction of sp³-hybridized carbons (Fsp3) is 0.600. The lowest BCUT2D eigenvalue weighted by molar-refractivity contribution is -0.384. The molecule has 0 aromatic heterocycles. The highest BCUT2D eigenvalue weighted by atomic mass is 16.6. The van der Waals surface area contributed by atoms with Crippen LogP contribution in [0, 0.1) is 16.0 Å². The number of aliphatic hydroxyl groups excluding tert-OH is 1. The summed E-state index contributed by atoms with van der Waals surface area (Å²) >= 11 is 0. The van der Waals surface area contributed by atoms with E-state index in [1.807, 2.05) is 13.0 Å². The molecule has 0 amide bonds. The van der Waals surface area contributed by atoms with E-state index in [1.54, 1.807) is 6.07 Å². The Kier molecular flexibility index (Phi) is 5.38. The first-order valence-corrected chi connectivity index (χ1v) is 7.42. The van der Waals surface area contributed by atoms with Gasteiger partial charge in [0.25, 0.3) is 5.69 Å². The highest BCUT2D eigenvalue weighted by Crippen LogP contribution is 2.31. The minimum Gasteiger partial charge on any atom is -0.494 e. The quantitative estimate of drug-likeness (QED) is 0.644. The molecule has 21 heavy (non-hydrogen) atoms. The van der Waals surface area contributed by atoms with E-state index in [4.69, 9.17) is 9.84 Å². The molecule has 1 aromatic rings. The third-order valence-corrected chi connectivity index (χ3v) is 3.82. The first kappa shape index (κ1) is 15.6. The normalized spacial score (nSPS) is 18.6. The molecule has 6 nitrogen and oxygen atoms in total. The Hall–Kier alpha value is -1.82. The van der Waals surface area contributed by atoms with Crippen LogP contribution in [-0.4, -0.2) is 36.3 Å². The Morgan fingerprint density at radius 2 is 2.29 bits per heavy atom. The van der Waals surface area contributed by atoms with Gasteiger partial charge in [-0.1, -0.05) is 0 Å². The fourth-order valence-electron chi connectivity index (χ4n) is 2.82. The monoisotopic (exact) mass is 294 g/mol. The molecule has 0 radical (unpaired) electrons. The maximum atomic E-state index is 11.1. The third-order valence-electron chi connectivity index (χ3n) is 3.82. The van der Waals surface area contributed by atoms with Crippen LogP contribution in [-0.2, 0) is 0 Å². The van der Waals surface area contributed by atoms with Gasteiger partial charge in [-0.25, -0.2) is 0 Å². The summed E-state index contributed by atoms with van der Waals surface area (Å²) in [6.07, 6.45) is 2.92. The largest absolute Gasteiger partial charge is 0.494 e. The van der Waals surface area contributed by atoms with Crippen molar-refractivity contribution < 1.29 is 14.8 Å². The summed E-state index contributed by atoms with van der Waals surface area (Å²) < 4.78 is 5.43. The maximum absolute atomic E-state index is 11.1. The van der Waals surface area contributed by atoms with E-state index in [0.29, 0.717) is 18.3 Å². The number of nitro groups is 1. The zero-order chi connectivity index (χ0) is 15.2. The topological polar surface area (TPSA) is 75.8 Å². The van der Waals surface area contributed by atoms with E-state index in [2.05, 4.69) is 4.90 Å². The third kappa shape index (κ3) is 4.07. The van der Waals surface area contributed by atoms with Crippen molar-refractivity contribution in [2.75, 3.05) is 31.2 Å². The Balaban J connectivity index is 2.22. The van der Waals surface area contributed by atoms with Crippen molar-refractivity contribution in [2.24, 2.45) is 5.92 Å². The number of piperidine rings is 1. The maximum Gasteiger partial charge on any atom is 0.275 e. The van der Waals surface area contributed by atoms with E-state index in [0.717, 1.165) is 38.0 Å². The average molecular weight is 294 g/mol. The molecule has 2 rings (SSSR count). The molecule has 0 saturated carbocycles. The first-order valence-electron chi connectivity index (χ1n) is 7.42. The van der Waals surface area contributed by atoms with Crippen molar-refractivity contribution in [3.05, 3.63) is 28.3 Å². The van der Waals surface area contributed by atoms with Crippen LogP contribution < -0.4 is 9.64 Å². The van der Waals surface area contributed by atoms with Gasteiger partial charge in [0.05, 0.1) is 17.6 Å². The number of non-ortho nitro benzene ring substituents is 1. The number of ether oxygens (including phenoxy) is 1. The van der Waals surface area contributed by atoms with Crippen LogP contribution in [0.1, 0.15) is 26.2 Å². The molecule has 1 fully saturated rings. The molecule has 1 saturated heterocycles. The minimum absolute atomic E-state index is 0.0558. The van der Waals surface area contributed by atoms with Gasteiger partial charge >= 0.3 is 0 Å². The zero-order valence-corrected chi connectivity index (χ0v) is 12.3. The van der Waals surface area contributed by atoms with E-state index in [1.165, 1.54) is 6.07 Å². The number of hydrogen-bond acceptors (Lipinski definition) is 5. The van der Waals surface area contributed by atoms with E-state index < -0.39 is 0 Å². The number of aliphatic hydroxyl groups is 1. The van der Waals surface area contributed by atoms with Crippen molar-refractivity contribution in [3.63, 3.8) is 0 Å². The van der Waals surface area contributed by atoms with Crippen LogP contribution in [0.2, 0.25) is 0 Å². The Morgan fingerprint density at radius 1 is 1.48 bits per heavy atom. The van der Waals surface area contributed by atoms with Crippen molar-refractivity contribution in [3.8, 4) is 5.75 Å². The number of nitrogens with zero attached hydrogens (tertiary/aromatic N) is 2. The number of hydrogen-bond donors (Lipinski definition) is 1. The summed E-state index contributed by atoms with van der Waals surface area (Å²) in [6.45, 7) is 4.24. The highest BCUT2D eigenvalue weighted by Gasteiger charge is 2.22. The molecule has 0 bridgehead atoms. The van der Waals surface area contributed by atoms with Crippen LogP contribution in [0.5, 0.6) is 5.75 Å². The Labute approximate surface area is 124 Å². The fourth-order valence-corrected chi connectivity index (χ4v) is 2.82. The van der Waals surface area contributed by atoms with Crippen LogP contribution in [0.4, 0.5) is 11.4 Å². The smallest absolute Gasteiger partial charge is 0.275 e. The minimum atomic E-state index is -0.388. The van der Waals surface area contributed by atoms with Crippen molar-refractivity contribution in [2.45, 2.75) is 26.2 Å². The number of anilines is 1. The second-order valence-electron chi connectivity index (χ2n) is 5.34. The number of nitro benzene ring substituents is 1. The molecular weight excluding hydrogens is 272 g/mol. The molecule has 1 aliphatic rings. The van der Waals surface area contributed by atoms with Crippen LogP contribution in [0.15, 0.2) is 18.2 Å². The standard InChI is InChI=1S/C15H22N2O4/c1-2-21-15-9-13(8-14(10-15)17(19)20)16-6-3-4-12(11-16)5-7-18/h8-10,12,18H,2-7,11H2,1H3. The summed E-state index contributed by atoms with van der Waals surface area (Å²) in [4.78, 5) is 12.8. The first-order chi connectivity index (χ1) is 10.1. The van der Waals surface area contributed by atoms with Gasteiger partial charge in [-0.3, -0.25) is 10.1 Å². The summed E-state index contributed by atoms with van der Waals surface area (Å²) in [6, 6.07) is 4.92. The lowest BCUT2D eigenvalue weighted by Crippen LogP contribution is -2.35. The van der Waals surface area contributed by atoms with E-state index >= 15 is 0 Å². The van der Waals surface area contributed by atoms with Crippen molar-refractivity contribution >= 4 is 11.4 Å². The molecule has 1 aliphatic heterocycles. The Morgan fingerprint density at radius 3 is 2.95 bits per heavy atom. The second-order valence-corrected chi connectivity index (χ2v) is 5.34. The predicted octanol–water partition coefficient (Wildman–Crippen LogP) is 2.59. The predicted molar refractivity (Wildman–Crippen MR) is 80.9 cm³/mol. The second kappa shape index (κ2) is 7.26. The van der Waals surface area contributed by atoms with Gasteiger partial charge < -0.3 is 14.7 Å². The molecule has 1 unspecified atom stereocenters. The Bertz CT molecular complexity index is 491. The summed E-state index contributed by atoms with van der Waals surface area (Å²) in [7, 11) is 0.